The van der Waals surface area contributed by atoms with Gasteiger partial charge in [-0.15, -0.1) is 0 Å². The number of aliphatic hydroxyl groups excluding tert-OH is 1. The van der Waals surface area contributed by atoms with Crippen molar-refractivity contribution in [2.75, 3.05) is 32.8 Å². The molecular formula is C17H33N3O. The summed E-state index contributed by atoms with van der Waals surface area (Å²) in [6.45, 7) is 11.7. The summed E-state index contributed by atoms with van der Waals surface area (Å²) in [6, 6.07) is 1.80. The zero-order valence-electron chi connectivity index (χ0n) is 14.0. The van der Waals surface area contributed by atoms with Gasteiger partial charge in [-0.25, -0.2) is 0 Å². The third-order valence-electron chi connectivity index (χ3n) is 5.77. The minimum absolute atomic E-state index is 0.0802. The van der Waals surface area contributed by atoms with Crippen molar-refractivity contribution in [1.82, 2.24) is 15.1 Å². The van der Waals surface area contributed by atoms with Crippen LogP contribution < -0.4 is 5.32 Å². The number of aliphatic hydroxyl groups is 1. The average Bonchev–Trinajstić information content (AvgIpc) is 3.19. The second kappa shape index (κ2) is 6.15. The molecule has 3 rings (SSSR count). The van der Waals surface area contributed by atoms with E-state index in [0.29, 0.717) is 18.0 Å². The van der Waals surface area contributed by atoms with Crippen LogP contribution in [0, 0.1) is 5.92 Å². The van der Waals surface area contributed by atoms with Gasteiger partial charge in [0.2, 0.25) is 0 Å². The standard InChI is InChI=1S/C17H33N3O/c1-13(2)18-17(12-21,15-6-7-15)11-20-10-16-5-4-8-19(16)9-14(20)3/h13-16,18,21H,4-12H2,1-3H3. The third kappa shape index (κ3) is 3.29. The molecule has 3 fully saturated rings. The minimum atomic E-state index is -0.0802. The lowest BCUT2D eigenvalue weighted by Crippen LogP contribution is -2.64. The highest BCUT2D eigenvalue weighted by atomic mass is 16.3. The van der Waals surface area contributed by atoms with Crippen molar-refractivity contribution in [2.45, 2.75) is 70.1 Å². The molecule has 122 valence electrons. The second-order valence-electron chi connectivity index (χ2n) is 7.96. The van der Waals surface area contributed by atoms with Gasteiger partial charge in [-0.1, -0.05) is 13.8 Å². The maximum atomic E-state index is 10.1. The Morgan fingerprint density at radius 1 is 1.24 bits per heavy atom. The van der Waals surface area contributed by atoms with E-state index >= 15 is 0 Å². The molecule has 2 heterocycles. The Labute approximate surface area is 129 Å². The Hall–Kier alpha value is -0.160. The molecule has 0 radical (unpaired) electrons. The number of nitrogens with one attached hydrogen (secondary N) is 1. The number of piperazine rings is 1. The van der Waals surface area contributed by atoms with Crippen LogP contribution in [0.2, 0.25) is 0 Å². The SMILES string of the molecule is CC(C)NC(CO)(CN1CC2CCCN2CC1C)C1CC1. The monoisotopic (exact) mass is 295 g/mol. The number of hydrogen-bond donors (Lipinski definition) is 2. The van der Waals surface area contributed by atoms with E-state index in [1.54, 1.807) is 0 Å². The summed E-state index contributed by atoms with van der Waals surface area (Å²) in [6.07, 6.45) is 5.27. The molecule has 0 aromatic carbocycles. The first-order valence-corrected chi connectivity index (χ1v) is 8.91. The van der Waals surface area contributed by atoms with E-state index in [9.17, 15) is 5.11 Å². The molecule has 3 atom stereocenters. The summed E-state index contributed by atoms with van der Waals surface area (Å²) in [7, 11) is 0. The van der Waals surface area contributed by atoms with Crippen LogP contribution in [0.3, 0.4) is 0 Å². The molecule has 1 saturated carbocycles. The van der Waals surface area contributed by atoms with Crippen molar-refractivity contribution in [3.05, 3.63) is 0 Å². The van der Waals surface area contributed by atoms with Crippen molar-refractivity contribution in [3.63, 3.8) is 0 Å². The summed E-state index contributed by atoms with van der Waals surface area (Å²) < 4.78 is 0. The van der Waals surface area contributed by atoms with Crippen LogP contribution in [0.5, 0.6) is 0 Å². The maximum absolute atomic E-state index is 10.1. The van der Waals surface area contributed by atoms with E-state index in [1.165, 1.54) is 45.3 Å². The highest BCUT2D eigenvalue weighted by molar-refractivity contribution is 5.05. The molecule has 2 aliphatic heterocycles. The van der Waals surface area contributed by atoms with Gasteiger partial charge in [0, 0.05) is 37.8 Å². The number of fused-ring (bicyclic) bond motifs is 1. The third-order valence-corrected chi connectivity index (χ3v) is 5.77. The molecule has 0 amide bonds. The summed E-state index contributed by atoms with van der Waals surface area (Å²) in [5.74, 6) is 0.665. The van der Waals surface area contributed by atoms with E-state index in [0.717, 1.165) is 12.6 Å². The smallest absolute Gasteiger partial charge is 0.0628 e. The zero-order chi connectivity index (χ0) is 15.0. The topological polar surface area (TPSA) is 38.7 Å². The van der Waals surface area contributed by atoms with Gasteiger partial charge in [0.15, 0.2) is 0 Å². The van der Waals surface area contributed by atoms with E-state index in [1.807, 2.05) is 0 Å². The van der Waals surface area contributed by atoms with Gasteiger partial charge in [-0.2, -0.15) is 0 Å². The van der Waals surface area contributed by atoms with Crippen molar-refractivity contribution >= 4 is 0 Å². The van der Waals surface area contributed by atoms with Crippen LogP contribution in [0.25, 0.3) is 0 Å². The molecule has 0 spiro atoms. The fourth-order valence-electron chi connectivity index (χ4n) is 4.56. The van der Waals surface area contributed by atoms with Crippen molar-refractivity contribution in [3.8, 4) is 0 Å². The van der Waals surface area contributed by atoms with Crippen molar-refractivity contribution in [1.29, 1.82) is 0 Å². The first-order chi connectivity index (χ1) is 10.0. The van der Waals surface area contributed by atoms with E-state index in [4.69, 9.17) is 0 Å². The molecular weight excluding hydrogens is 262 g/mol. The maximum Gasteiger partial charge on any atom is 0.0628 e. The van der Waals surface area contributed by atoms with Crippen LogP contribution in [0.15, 0.2) is 0 Å². The molecule has 0 aromatic heterocycles. The predicted molar refractivity (Wildman–Crippen MR) is 86.4 cm³/mol. The fourth-order valence-corrected chi connectivity index (χ4v) is 4.56. The first-order valence-electron chi connectivity index (χ1n) is 8.91. The van der Waals surface area contributed by atoms with Crippen LogP contribution >= 0.6 is 0 Å². The highest BCUT2D eigenvalue weighted by Gasteiger charge is 2.47. The van der Waals surface area contributed by atoms with Crippen LogP contribution in [0.4, 0.5) is 0 Å². The van der Waals surface area contributed by atoms with Gasteiger partial charge < -0.3 is 10.4 Å². The Morgan fingerprint density at radius 3 is 2.62 bits per heavy atom. The van der Waals surface area contributed by atoms with E-state index in [-0.39, 0.29) is 12.1 Å². The summed E-state index contributed by atoms with van der Waals surface area (Å²) in [5, 5.41) is 13.9. The first kappa shape index (κ1) is 15.7. The lowest BCUT2D eigenvalue weighted by molar-refractivity contribution is 0.0132. The molecule has 21 heavy (non-hydrogen) atoms. The quantitative estimate of drug-likeness (QED) is 0.775. The number of hydrogen-bond acceptors (Lipinski definition) is 4. The molecule has 3 unspecified atom stereocenters. The molecule has 0 aromatic rings. The molecule has 1 aliphatic carbocycles. The summed E-state index contributed by atoms with van der Waals surface area (Å²) in [4.78, 5) is 5.32. The number of nitrogens with zero attached hydrogens (tertiary/aromatic N) is 2. The van der Waals surface area contributed by atoms with Gasteiger partial charge in [0.05, 0.1) is 12.1 Å². The minimum Gasteiger partial charge on any atom is -0.394 e. The molecule has 3 aliphatic rings. The van der Waals surface area contributed by atoms with Crippen LogP contribution in [-0.2, 0) is 0 Å². The molecule has 4 heteroatoms. The van der Waals surface area contributed by atoms with E-state index in [2.05, 4.69) is 35.9 Å². The van der Waals surface area contributed by atoms with Gasteiger partial charge in [0.1, 0.15) is 0 Å². The Morgan fingerprint density at radius 2 is 2.00 bits per heavy atom. The Bertz CT molecular complexity index is 358. The predicted octanol–water partition coefficient (Wildman–Crippen LogP) is 1.29. The number of rotatable bonds is 6. The lowest BCUT2D eigenvalue weighted by atomic mass is 9.90. The van der Waals surface area contributed by atoms with Crippen LogP contribution in [-0.4, -0.2) is 71.4 Å². The molecule has 4 nitrogen and oxygen atoms in total. The largest absolute Gasteiger partial charge is 0.394 e. The summed E-state index contributed by atoms with van der Waals surface area (Å²) >= 11 is 0. The Kier molecular flexibility index (Phi) is 4.60. The Balaban J connectivity index is 1.69. The molecule has 0 bridgehead atoms. The van der Waals surface area contributed by atoms with Gasteiger partial charge in [-0.05, 0) is 45.1 Å². The van der Waals surface area contributed by atoms with Crippen LogP contribution in [0.1, 0.15) is 46.5 Å². The summed E-state index contributed by atoms with van der Waals surface area (Å²) in [5.41, 5.74) is -0.0802. The van der Waals surface area contributed by atoms with Crippen molar-refractivity contribution in [2.24, 2.45) is 5.92 Å². The van der Waals surface area contributed by atoms with Gasteiger partial charge in [-0.3, -0.25) is 9.80 Å². The highest BCUT2D eigenvalue weighted by Crippen LogP contribution is 2.41. The molecule has 2 N–H and O–H groups in total. The fraction of sp³-hybridized carbons (Fsp3) is 1.00. The van der Waals surface area contributed by atoms with Gasteiger partial charge >= 0.3 is 0 Å². The van der Waals surface area contributed by atoms with Gasteiger partial charge in [0.25, 0.3) is 0 Å². The normalized spacial score (nSPS) is 34.1. The second-order valence-corrected chi connectivity index (χ2v) is 7.96. The van der Waals surface area contributed by atoms with Crippen molar-refractivity contribution < 1.29 is 5.11 Å². The molecule has 2 saturated heterocycles. The van der Waals surface area contributed by atoms with E-state index < -0.39 is 0 Å². The zero-order valence-corrected chi connectivity index (χ0v) is 14.0. The lowest BCUT2D eigenvalue weighted by Gasteiger charge is -2.47. The average molecular weight is 295 g/mol.